The van der Waals surface area contributed by atoms with Gasteiger partial charge < -0.3 is 24.6 Å². The van der Waals surface area contributed by atoms with Gasteiger partial charge in [-0.2, -0.15) is 0 Å². The third-order valence-electron chi connectivity index (χ3n) is 4.54. The van der Waals surface area contributed by atoms with Crippen LogP contribution < -0.4 is 5.32 Å². The summed E-state index contributed by atoms with van der Waals surface area (Å²) in [6.07, 6.45) is 0.465. The van der Waals surface area contributed by atoms with Gasteiger partial charge in [0, 0.05) is 18.8 Å². The Bertz CT molecular complexity index is 687. The van der Waals surface area contributed by atoms with Gasteiger partial charge in [-0.3, -0.25) is 0 Å². The van der Waals surface area contributed by atoms with Crippen LogP contribution in [0.15, 0.2) is 54.6 Å². The van der Waals surface area contributed by atoms with Crippen molar-refractivity contribution >= 4 is 5.69 Å². The number of hydrogen-bond donors (Lipinski definition) is 2. The molecule has 5 nitrogen and oxygen atoms in total. The highest BCUT2D eigenvalue weighted by atomic mass is 16.8. The minimum absolute atomic E-state index is 0.0899. The molecule has 1 aliphatic heterocycles. The van der Waals surface area contributed by atoms with Crippen molar-refractivity contribution in [3.63, 3.8) is 0 Å². The number of aliphatic hydroxyl groups is 1. The van der Waals surface area contributed by atoms with Crippen LogP contribution in [0.25, 0.3) is 0 Å². The van der Waals surface area contributed by atoms with E-state index in [-0.39, 0.29) is 18.8 Å². The van der Waals surface area contributed by atoms with Crippen molar-refractivity contribution in [2.75, 3.05) is 25.1 Å². The highest BCUT2D eigenvalue weighted by molar-refractivity contribution is 5.44. The van der Waals surface area contributed by atoms with Crippen molar-refractivity contribution in [3.8, 4) is 0 Å². The third-order valence-corrected chi connectivity index (χ3v) is 4.54. The lowest BCUT2D eigenvalue weighted by Gasteiger charge is -2.18. The molecule has 146 valence electrons. The van der Waals surface area contributed by atoms with Crippen LogP contribution in [0.5, 0.6) is 0 Å². The second kappa shape index (κ2) is 9.33. The molecule has 0 aliphatic carbocycles. The summed E-state index contributed by atoms with van der Waals surface area (Å²) in [6.45, 7) is 5.72. The molecule has 2 N–H and O–H groups in total. The molecule has 1 heterocycles. The molecule has 0 spiro atoms. The molecule has 2 unspecified atom stereocenters. The molecule has 27 heavy (non-hydrogen) atoms. The molecule has 1 fully saturated rings. The van der Waals surface area contributed by atoms with Crippen LogP contribution >= 0.6 is 0 Å². The fourth-order valence-electron chi connectivity index (χ4n) is 3.23. The van der Waals surface area contributed by atoms with Crippen molar-refractivity contribution in [2.45, 2.75) is 44.9 Å². The second-order valence-corrected chi connectivity index (χ2v) is 7.26. The molecule has 0 aromatic heterocycles. The molecule has 0 radical (unpaired) electrons. The molecule has 1 saturated heterocycles. The highest BCUT2D eigenvalue weighted by Gasteiger charge is 2.41. The van der Waals surface area contributed by atoms with Crippen molar-refractivity contribution in [1.29, 1.82) is 0 Å². The summed E-state index contributed by atoms with van der Waals surface area (Å²) in [6, 6.07) is 18.2. The average molecular weight is 371 g/mol. The quantitative estimate of drug-likeness (QED) is 0.708. The van der Waals surface area contributed by atoms with E-state index >= 15 is 0 Å². The normalized spacial score (nSPS) is 21.3. The van der Waals surface area contributed by atoms with Gasteiger partial charge in [-0.15, -0.1) is 0 Å². The summed E-state index contributed by atoms with van der Waals surface area (Å²) >= 11 is 0. The van der Waals surface area contributed by atoms with E-state index in [1.165, 1.54) is 0 Å². The van der Waals surface area contributed by atoms with Gasteiger partial charge in [-0.05, 0) is 43.5 Å². The average Bonchev–Trinajstić information content (AvgIpc) is 2.96. The van der Waals surface area contributed by atoms with Crippen molar-refractivity contribution in [1.82, 2.24) is 0 Å². The minimum Gasteiger partial charge on any atom is -0.396 e. The number of benzene rings is 2. The molecule has 3 rings (SSSR count). The van der Waals surface area contributed by atoms with E-state index in [0.29, 0.717) is 26.2 Å². The Morgan fingerprint density at radius 1 is 0.963 bits per heavy atom. The summed E-state index contributed by atoms with van der Waals surface area (Å²) in [5.74, 6) is -0.613. The van der Waals surface area contributed by atoms with Crippen LogP contribution in [0.2, 0.25) is 0 Å². The maximum Gasteiger partial charge on any atom is 0.163 e. The number of anilines is 1. The third kappa shape index (κ3) is 6.04. The number of nitrogens with one attached hydrogen (secondary N) is 1. The van der Waals surface area contributed by atoms with Crippen molar-refractivity contribution < 1.29 is 19.3 Å². The van der Waals surface area contributed by atoms with Gasteiger partial charge in [-0.25, -0.2) is 0 Å². The van der Waals surface area contributed by atoms with E-state index in [9.17, 15) is 0 Å². The van der Waals surface area contributed by atoms with Gasteiger partial charge in [-0.1, -0.05) is 42.5 Å². The first-order valence-electron chi connectivity index (χ1n) is 9.47. The molecular weight excluding hydrogens is 342 g/mol. The summed E-state index contributed by atoms with van der Waals surface area (Å²) < 4.78 is 17.9. The van der Waals surface area contributed by atoms with Gasteiger partial charge in [0.25, 0.3) is 0 Å². The zero-order chi connectivity index (χ0) is 19.1. The van der Waals surface area contributed by atoms with E-state index in [4.69, 9.17) is 19.3 Å². The minimum atomic E-state index is -0.613. The standard InChI is InChI=1S/C22H29NO4/c1-22(2)26-20(14-23-19-10-8-17(9-11-19)12-13-24)21(27-22)16-25-15-18-6-4-3-5-7-18/h3-11,20-21,23-24H,12-16H2,1-2H3. The zero-order valence-corrected chi connectivity index (χ0v) is 16.1. The maximum atomic E-state index is 9.00. The molecular formula is C22H29NO4. The molecule has 2 aromatic rings. The maximum absolute atomic E-state index is 9.00. The zero-order valence-electron chi connectivity index (χ0n) is 16.1. The van der Waals surface area contributed by atoms with E-state index in [2.05, 4.69) is 17.4 Å². The lowest BCUT2D eigenvalue weighted by molar-refractivity contribution is -0.150. The first-order chi connectivity index (χ1) is 13.1. The van der Waals surface area contributed by atoms with E-state index in [1.807, 2.05) is 56.3 Å². The summed E-state index contributed by atoms with van der Waals surface area (Å²) in [4.78, 5) is 0. The van der Waals surface area contributed by atoms with E-state index in [1.54, 1.807) is 0 Å². The van der Waals surface area contributed by atoms with Crippen LogP contribution in [-0.2, 0) is 27.2 Å². The van der Waals surface area contributed by atoms with Crippen LogP contribution in [0.3, 0.4) is 0 Å². The van der Waals surface area contributed by atoms with Gasteiger partial charge >= 0.3 is 0 Å². The Hall–Kier alpha value is -1.92. The van der Waals surface area contributed by atoms with Crippen molar-refractivity contribution in [2.24, 2.45) is 0 Å². The molecule has 0 bridgehead atoms. The SMILES string of the molecule is CC1(C)OC(CNc2ccc(CCO)cc2)C(COCc2ccccc2)O1. The Morgan fingerprint density at radius 2 is 1.67 bits per heavy atom. The lowest BCUT2D eigenvalue weighted by atomic mass is 10.1. The van der Waals surface area contributed by atoms with Gasteiger partial charge in [0.1, 0.15) is 12.2 Å². The van der Waals surface area contributed by atoms with Gasteiger partial charge in [0.05, 0.1) is 13.2 Å². The monoisotopic (exact) mass is 371 g/mol. The first kappa shape index (κ1) is 19.8. The number of aliphatic hydroxyl groups excluding tert-OH is 1. The molecule has 2 aromatic carbocycles. The van der Waals surface area contributed by atoms with Crippen LogP contribution in [0, 0.1) is 0 Å². The smallest absolute Gasteiger partial charge is 0.163 e. The Labute approximate surface area is 161 Å². The Balaban J connectivity index is 1.50. The molecule has 1 aliphatic rings. The largest absolute Gasteiger partial charge is 0.396 e. The number of rotatable bonds is 9. The van der Waals surface area contributed by atoms with Crippen molar-refractivity contribution in [3.05, 3.63) is 65.7 Å². The fraction of sp³-hybridized carbons (Fsp3) is 0.455. The molecule has 2 atom stereocenters. The van der Waals surface area contributed by atoms with Crippen LogP contribution in [-0.4, -0.2) is 42.9 Å². The summed E-state index contributed by atoms with van der Waals surface area (Å²) in [5, 5.41) is 12.4. The van der Waals surface area contributed by atoms with Gasteiger partial charge in [0.2, 0.25) is 0 Å². The van der Waals surface area contributed by atoms with Crippen LogP contribution in [0.4, 0.5) is 5.69 Å². The molecule has 0 saturated carbocycles. The highest BCUT2D eigenvalue weighted by Crippen LogP contribution is 2.29. The predicted octanol–water partition coefficient (Wildman–Crippen LogP) is 3.37. The number of ether oxygens (including phenoxy) is 3. The molecule has 5 heteroatoms. The predicted molar refractivity (Wildman–Crippen MR) is 106 cm³/mol. The summed E-state index contributed by atoms with van der Waals surface area (Å²) in [5.41, 5.74) is 3.29. The summed E-state index contributed by atoms with van der Waals surface area (Å²) in [7, 11) is 0. The van der Waals surface area contributed by atoms with E-state index in [0.717, 1.165) is 16.8 Å². The van der Waals surface area contributed by atoms with E-state index < -0.39 is 5.79 Å². The Kier molecular flexibility index (Phi) is 6.85. The first-order valence-corrected chi connectivity index (χ1v) is 9.47. The van der Waals surface area contributed by atoms with Gasteiger partial charge in [0.15, 0.2) is 5.79 Å². The fourth-order valence-corrected chi connectivity index (χ4v) is 3.23. The molecule has 0 amide bonds. The second-order valence-electron chi connectivity index (χ2n) is 7.26. The topological polar surface area (TPSA) is 60.0 Å². The van der Waals surface area contributed by atoms with Crippen LogP contribution in [0.1, 0.15) is 25.0 Å². The lowest BCUT2D eigenvalue weighted by Crippen LogP contribution is -2.33. The number of hydrogen-bond acceptors (Lipinski definition) is 5. The Morgan fingerprint density at radius 3 is 2.37 bits per heavy atom.